The molecule has 3 N–H and O–H groups in total. The first-order valence-electron chi connectivity index (χ1n) is 7.19. The van der Waals surface area contributed by atoms with E-state index < -0.39 is 5.41 Å². The van der Waals surface area contributed by atoms with E-state index in [0.717, 1.165) is 32.1 Å². The molecule has 0 aromatic heterocycles. The van der Waals surface area contributed by atoms with Crippen molar-refractivity contribution in [1.29, 1.82) is 0 Å². The maximum absolute atomic E-state index is 12.4. The van der Waals surface area contributed by atoms with Crippen molar-refractivity contribution >= 4 is 23.1 Å². The number of rotatable bonds is 5. The predicted octanol–water partition coefficient (Wildman–Crippen LogP) is 1.43. The molecule has 2 aliphatic rings. The van der Waals surface area contributed by atoms with E-state index in [-0.39, 0.29) is 11.4 Å². The first-order valence-corrected chi connectivity index (χ1v) is 7.59. The molecule has 0 aromatic carbocycles. The summed E-state index contributed by atoms with van der Waals surface area (Å²) in [4.78, 5) is 15.0. The van der Waals surface area contributed by atoms with Gasteiger partial charge in [-0.05, 0) is 39.8 Å². The van der Waals surface area contributed by atoms with Crippen molar-refractivity contribution in [3.8, 4) is 0 Å². The number of carbonyl (C=O) groups excluding carboxylic acids is 1. The predicted molar refractivity (Wildman–Crippen MR) is 81.0 cm³/mol. The number of nitrogens with two attached hydrogens (primary N) is 1. The molecule has 0 aromatic rings. The van der Waals surface area contributed by atoms with E-state index in [0.29, 0.717) is 11.5 Å². The van der Waals surface area contributed by atoms with Crippen LogP contribution in [0.3, 0.4) is 0 Å². The molecule has 1 amide bonds. The fraction of sp³-hybridized carbons (Fsp3) is 0.857. The van der Waals surface area contributed by atoms with Gasteiger partial charge in [0, 0.05) is 12.1 Å². The third kappa shape index (κ3) is 2.50. The standard InChI is InChI=1S/C14H25N3OS/c1-17(2)13(6-3-4-7-13)10-16-12(18)14(11(15)19)8-5-9-14/h3-10H2,1-2H3,(H2,15,19)(H,16,18). The van der Waals surface area contributed by atoms with Crippen molar-refractivity contribution in [2.24, 2.45) is 11.1 Å². The van der Waals surface area contributed by atoms with Crippen molar-refractivity contribution in [3.05, 3.63) is 0 Å². The highest BCUT2D eigenvalue weighted by atomic mass is 32.1. The lowest BCUT2D eigenvalue weighted by Gasteiger charge is -2.41. The number of hydrogen-bond donors (Lipinski definition) is 2. The molecule has 0 atom stereocenters. The van der Waals surface area contributed by atoms with Gasteiger partial charge in [0.25, 0.3) is 0 Å². The molecule has 4 nitrogen and oxygen atoms in total. The number of likely N-dealkylation sites (N-methyl/N-ethyl adjacent to an activating group) is 1. The van der Waals surface area contributed by atoms with E-state index >= 15 is 0 Å². The maximum Gasteiger partial charge on any atom is 0.233 e. The second-order valence-corrected chi connectivity index (χ2v) is 6.75. The van der Waals surface area contributed by atoms with Gasteiger partial charge < -0.3 is 16.0 Å². The van der Waals surface area contributed by atoms with Crippen LogP contribution in [0.15, 0.2) is 0 Å². The number of nitrogens with zero attached hydrogens (tertiary/aromatic N) is 1. The third-order valence-electron chi connectivity index (χ3n) is 5.17. The van der Waals surface area contributed by atoms with Crippen molar-refractivity contribution in [2.75, 3.05) is 20.6 Å². The molecule has 2 aliphatic carbocycles. The largest absolute Gasteiger partial charge is 0.392 e. The summed E-state index contributed by atoms with van der Waals surface area (Å²) in [6.07, 6.45) is 7.46. The minimum absolute atomic E-state index is 0.0411. The fourth-order valence-corrected chi connectivity index (χ4v) is 3.64. The van der Waals surface area contributed by atoms with E-state index in [9.17, 15) is 4.79 Å². The average Bonchev–Trinajstić information content (AvgIpc) is 2.74. The van der Waals surface area contributed by atoms with Gasteiger partial charge in [-0.3, -0.25) is 4.79 Å². The summed E-state index contributed by atoms with van der Waals surface area (Å²) >= 11 is 5.09. The Labute approximate surface area is 121 Å². The molecule has 2 fully saturated rings. The van der Waals surface area contributed by atoms with Crippen LogP contribution in [0.25, 0.3) is 0 Å². The smallest absolute Gasteiger partial charge is 0.233 e. The Bertz CT molecular complexity index is 371. The van der Waals surface area contributed by atoms with Crippen LogP contribution in [-0.4, -0.2) is 42.0 Å². The minimum Gasteiger partial charge on any atom is -0.392 e. The summed E-state index contributed by atoms with van der Waals surface area (Å²) in [5.74, 6) is 0.0411. The number of hydrogen-bond acceptors (Lipinski definition) is 3. The maximum atomic E-state index is 12.4. The Hall–Kier alpha value is -0.680. The van der Waals surface area contributed by atoms with E-state index in [4.69, 9.17) is 18.0 Å². The summed E-state index contributed by atoms with van der Waals surface area (Å²) < 4.78 is 0. The van der Waals surface area contributed by atoms with Crippen molar-refractivity contribution in [2.45, 2.75) is 50.5 Å². The Morgan fingerprint density at radius 1 is 1.21 bits per heavy atom. The minimum atomic E-state index is -0.554. The number of thiocarbonyl (C=S) groups is 1. The molecule has 0 heterocycles. The lowest BCUT2D eigenvalue weighted by atomic mass is 9.68. The quantitative estimate of drug-likeness (QED) is 0.750. The second-order valence-electron chi connectivity index (χ2n) is 6.31. The second kappa shape index (κ2) is 5.37. The number of nitrogens with one attached hydrogen (secondary N) is 1. The molecular weight excluding hydrogens is 258 g/mol. The van der Waals surface area contributed by atoms with E-state index in [1.54, 1.807) is 0 Å². The summed E-state index contributed by atoms with van der Waals surface area (Å²) in [6, 6.07) is 0. The Morgan fingerprint density at radius 3 is 2.16 bits per heavy atom. The SMILES string of the molecule is CN(C)C1(CNC(=O)C2(C(N)=S)CCC2)CCCC1. The summed E-state index contributed by atoms with van der Waals surface area (Å²) in [7, 11) is 4.20. The van der Waals surface area contributed by atoms with Gasteiger partial charge in [0.05, 0.1) is 10.4 Å². The van der Waals surface area contributed by atoms with Crippen LogP contribution in [0, 0.1) is 5.41 Å². The highest BCUT2D eigenvalue weighted by Gasteiger charge is 2.47. The van der Waals surface area contributed by atoms with Crippen LogP contribution in [-0.2, 0) is 4.79 Å². The van der Waals surface area contributed by atoms with Gasteiger partial charge in [0.1, 0.15) is 0 Å². The Morgan fingerprint density at radius 2 is 1.79 bits per heavy atom. The molecule has 0 bridgehead atoms. The molecule has 0 unspecified atom stereocenters. The van der Waals surface area contributed by atoms with Gasteiger partial charge >= 0.3 is 0 Å². The van der Waals surface area contributed by atoms with Gasteiger partial charge in [-0.25, -0.2) is 0 Å². The van der Waals surface area contributed by atoms with Crippen LogP contribution in [0.1, 0.15) is 44.9 Å². The molecule has 5 heteroatoms. The number of carbonyl (C=O) groups is 1. The van der Waals surface area contributed by atoms with Crippen LogP contribution in [0.5, 0.6) is 0 Å². The molecule has 0 radical (unpaired) electrons. The monoisotopic (exact) mass is 283 g/mol. The number of amides is 1. The van der Waals surface area contributed by atoms with Gasteiger partial charge in [0.2, 0.25) is 5.91 Å². The van der Waals surface area contributed by atoms with E-state index in [2.05, 4.69) is 24.3 Å². The van der Waals surface area contributed by atoms with Gasteiger partial charge in [0.15, 0.2) is 0 Å². The third-order valence-corrected chi connectivity index (χ3v) is 5.57. The molecule has 2 rings (SSSR count). The summed E-state index contributed by atoms with van der Waals surface area (Å²) in [6.45, 7) is 0.712. The van der Waals surface area contributed by atoms with Gasteiger partial charge in [-0.2, -0.15) is 0 Å². The van der Waals surface area contributed by atoms with Gasteiger partial charge in [-0.15, -0.1) is 0 Å². The molecule has 0 aliphatic heterocycles. The molecule has 0 saturated heterocycles. The Kier molecular flexibility index (Phi) is 4.16. The zero-order valence-electron chi connectivity index (χ0n) is 12.0. The van der Waals surface area contributed by atoms with Crippen molar-refractivity contribution in [1.82, 2.24) is 10.2 Å². The lowest BCUT2D eigenvalue weighted by Crippen LogP contribution is -2.57. The van der Waals surface area contributed by atoms with E-state index in [1.807, 2.05) is 0 Å². The highest BCUT2D eigenvalue weighted by molar-refractivity contribution is 7.80. The van der Waals surface area contributed by atoms with Gasteiger partial charge in [-0.1, -0.05) is 31.5 Å². The molecule has 0 spiro atoms. The topological polar surface area (TPSA) is 58.4 Å². The molecular formula is C14H25N3OS. The van der Waals surface area contributed by atoms with Crippen molar-refractivity contribution < 1.29 is 4.79 Å². The molecule has 2 saturated carbocycles. The zero-order chi connectivity index (χ0) is 14.1. The summed E-state index contributed by atoms with van der Waals surface area (Å²) in [5.41, 5.74) is 5.34. The van der Waals surface area contributed by atoms with Crippen LogP contribution < -0.4 is 11.1 Å². The average molecular weight is 283 g/mol. The van der Waals surface area contributed by atoms with Crippen LogP contribution in [0.4, 0.5) is 0 Å². The normalized spacial score (nSPS) is 23.9. The summed E-state index contributed by atoms with van der Waals surface area (Å²) in [5, 5.41) is 3.12. The van der Waals surface area contributed by atoms with Crippen LogP contribution in [0.2, 0.25) is 0 Å². The molecule has 108 valence electrons. The Balaban J connectivity index is 1.98. The molecule has 19 heavy (non-hydrogen) atoms. The van der Waals surface area contributed by atoms with E-state index in [1.165, 1.54) is 12.8 Å². The fourth-order valence-electron chi connectivity index (χ4n) is 3.34. The lowest BCUT2D eigenvalue weighted by molar-refractivity contribution is -0.131. The highest BCUT2D eigenvalue weighted by Crippen LogP contribution is 2.42. The first-order chi connectivity index (χ1) is 8.93. The zero-order valence-corrected chi connectivity index (χ0v) is 12.8. The van der Waals surface area contributed by atoms with Crippen LogP contribution >= 0.6 is 12.2 Å². The van der Waals surface area contributed by atoms with Crippen molar-refractivity contribution in [3.63, 3.8) is 0 Å². The first kappa shape index (κ1) is 14.7.